The van der Waals surface area contributed by atoms with Crippen LogP contribution in [-0.4, -0.2) is 11.9 Å². The number of rotatable bonds is 4. The maximum atomic E-state index is 11.3. The van der Waals surface area contributed by atoms with Gasteiger partial charge in [0.05, 0.1) is 0 Å². The van der Waals surface area contributed by atoms with Crippen LogP contribution in [0.5, 0.6) is 11.5 Å². The highest BCUT2D eigenvalue weighted by Crippen LogP contribution is 2.29. The van der Waals surface area contributed by atoms with Gasteiger partial charge in [-0.3, -0.25) is 9.59 Å². The molecular formula is C14H18O4. The molecule has 0 aromatic heterocycles. The highest BCUT2D eigenvalue weighted by atomic mass is 16.5. The molecule has 4 nitrogen and oxygen atoms in total. The van der Waals surface area contributed by atoms with E-state index in [2.05, 4.69) is 0 Å². The summed E-state index contributed by atoms with van der Waals surface area (Å²) in [5.41, 5.74) is 1.55. The zero-order valence-electron chi connectivity index (χ0n) is 11.2. The van der Waals surface area contributed by atoms with Crippen LogP contribution in [0.4, 0.5) is 0 Å². The number of hydrogen-bond donors (Lipinski definition) is 0. The lowest BCUT2D eigenvalue weighted by Crippen LogP contribution is -2.09. The first-order valence-electron chi connectivity index (χ1n) is 6.00. The van der Waals surface area contributed by atoms with E-state index in [4.69, 9.17) is 9.47 Å². The van der Waals surface area contributed by atoms with Crippen molar-refractivity contribution in [2.45, 2.75) is 40.5 Å². The van der Waals surface area contributed by atoms with Gasteiger partial charge in [0.1, 0.15) is 11.5 Å². The molecule has 0 radical (unpaired) electrons. The lowest BCUT2D eigenvalue weighted by atomic mass is 10.1. The molecule has 0 atom stereocenters. The Kier molecular flexibility index (Phi) is 4.89. The molecule has 0 aliphatic heterocycles. The summed E-state index contributed by atoms with van der Waals surface area (Å²) in [4.78, 5) is 22.5. The van der Waals surface area contributed by atoms with Crippen LogP contribution in [0.25, 0.3) is 0 Å². The number of carbonyl (C=O) groups is 2. The van der Waals surface area contributed by atoms with Crippen LogP contribution in [0.2, 0.25) is 0 Å². The Labute approximate surface area is 107 Å². The molecule has 1 rings (SSSR count). The van der Waals surface area contributed by atoms with Crippen LogP contribution in [0.15, 0.2) is 12.1 Å². The largest absolute Gasteiger partial charge is 0.427 e. The Balaban J connectivity index is 2.97. The van der Waals surface area contributed by atoms with Crippen LogP contribution in [0.1, 0.15) is 37.8 Å². The molecule has 0 aliphatic carbocycles. The summed E-state index contributed by atoms with van der Waals surface area (Å²) < 4.78 is 10.4. The molecule has 0 saturated carbocycles. The predicted molar refractivity (Wildman–Crippen MR) is 67.8 cm³/mol. The van der Waals surface area contributed by atoms with Gasteiger partial charge in [-0.15, -0.1) is 0 Å². The Bertz CT molecular complexity index is 440. The fraction of sp³-hybridized carbons (Fsp3) is 0.429. The van der Waals surface area contributed by atoms with Crippen molar-refractivity contribution in [1.82, 2.24) is 0 Å². The van der Waals surface area contributed by atoms with Gasteiger partial charge in [-0.1, -0.05) is 13.8 Å². The maximum absolute atomic E-state index is 11.3. The van der Waals surface area contributed by atoms with Crippen LogP contribution in [0, 0.1) is 13.8 Å². The molecule has 4 heteroatoms. The summed E-state index contributed by atoms with van der Waals surface area (Å²) in [6.07, 6.45) is 0.649. The quantitative estimate of drug-likeness (QED) is 0.609. The number of ether oxygens (including phenoxy) is 2. The Morgan fingerprint density at radius 2 is 1.39 bits per heavy atom. The first-order valence-corrected chi connectivity index (χ1v) is 6.00. The second-order valence-electron chi connectivity index (χ2n) is 4.04. The molecule has 1 aromatic carbocycles. The van der Waals surface area contributed by atoms with Gasteiger partial charge in [-0.05, 0) is 37.1 Å². The Hall–Kier alpha value is -1.84. The highest BCUT2D eigenvalue weighted by molar-refractivity contribution is 5.74. The van der Waals surface area contributed by atoms with E-state index in [1.165, 1.54) is 0 Å². The van der Waals surface area contributed by atoms with Gasteiger partial charge in [0.2, 0.25) is 0 Å². The number of hydrogen-bond acceptors (Lipinski definition) is 4. The fourth-order valence-electron chi connectivity index (χ4n) is 1.52. The highest BCUT2D eigenvalue weighted by Gasteiger charge is 2.12. The van der Waals surface area contributed by atoms with Crippen molar-refractivity contribution < 1.29 is 19.1 Å². The van der Waals surface area contributed by atoms with Gasteiger partial charge in [0, 0.05) is 12.8 Å². The maximum Gasteiger partial charge on any atom is 0.310 e. The SMILES string of the molecule is CCC(=O)Oc1cc(C)c(OC(=O)CC)c(C)c1. The van der Waals surface area contributed by atoms with Crippen molar-refractivity contribution in [2.75, 3.05) is 0 Å². The second-order valence-corrected chi connectivity index (χ2v) is 4.04. The first-order chi connectivity index (χ1) is 8.47. The minimum absolute atomic E-state index is 0.278. The average molecular weight is 250 g/mol. The standard InChI is InChI=1S/C14H18O4/c1-5-12(15)17-11-7-9(3)14(10(4)8-11)18-13(16)6-2/h7-8H,5-6H2,1-4H3. The molecule has 0 bridgehead atoms. The number of esters is 2. The molecule has 0 unspecified atom stereocenters. The molecule has 0 heterocycles. The number of aryl methyl sites for hydroxylation is 2. The van der Waals surface area contributed by atoms with E-state index in [1.54, 1.807) is 26.0 Å². The summed E-state index contributed by atoms with van der Waals surface area (Å²) in [6, 6.07) is 3.39. The van der Waals surface area contributed by atoms with Gasteiger partial charge in [0.25, 0.3) is 0 Å². The normalized spacial score (nSPS) is 10.0. The Morgan fingerprint density at radius 1 is 0.944 bits per heavy atom. The van der Waals surface area contributed by atoms with Gasteiger partial charge in [-0.2, -0.15) is 0 Å². The molecule has 0 amide bonds. The minimum Gasteiger partial charge on any atom is -0.427 e. The predicted octanol–water partition coefficient (Wildman–Crippen LogP) is 2.93. The summed E-state index contributed by atoms with van der Waals surface area (Å²) in [7, 11) is 0. The molecule has 18 heavy (non-hydrogen) atoms. The zero-order valence-corrected chi connectivity index (χ0v) is 11.2. The third-order valence-electron chi connectivity index (χ3n) is 2.46. The lowest BCUT2D eigenvalue weighted by Gasteiger charge is -2.12. The van der Waals surface area contributed by atoms with Crippen LogP contribution in [0.3, 0.4) is 0 Å². The lowest BCUT2D eigenvalue weighted by molar-refractivity contribution is -0.135. The van der Waals surface area contributed by atoms with Crippen molar-refractivity contribution in [1.29, 1.82) is 0 Å². The third-order valence-corrected chi connectivity index (χ3v) is 2.46. The smallest absolute Gasteiger partial charge is 0.310 e. The van der Waals surface area contributed by atoms with Crippen molar-refractivity contribution in [2.24, 2.45) is 0 Å². The summed E-state index contributed by atoms with van der Waals surface area (Å²) in [5.74, 6) is 0.456. The molecular weight excluding hydrogens is 232 g/mol. The van der Waals surface area contributed by atoms with Crippen molar-refractivity contribution in [3.8, 4) is 11.5 Å². The second kappa shape index (κ2) is 6.19. The molecule has 98 valence electrons. The number of carbonyl (C=O) groups excluding carboxylic acids is 2. The van der Waals surface area contributed by atoms with Crippen LogP contribution < -0.4 is 9.47 Å². The summed E-state index contributed by atoms with van der Waals surface area (Å²) in [5, 5.41) is 0. The molecule has 0 aliphatic rings. The Morgan fingerprint density at radius 3 is 1.83 bits per heavy atom. The van der Waals surface area contributed by atoms with Crippen molar-refractivity contribution in [3.63, 3.8) is 0 Å². The van der Waals surface area contributed by atoms with E-state index < -0.39 is 0 Å². The molecule has 0 N–H and O–H groups in total. The van der Waals surface area contributed by atoms with Gasteiger partial charge < -0.3 is 9.47 Å². The topological polar surface area (TPSA) is 52.6 Å². The van der Waals surface area contributed by atoms with Crippen molar-refractivity contribution in [3.05, 3.63) is 23.3 Å². The molecule has 1 aromatic rings. The van der Waals surface area contributed by atoms with Gasteiger partial charge in [-0.25, -0.2) is 0 Å². The molecule has 0 saturated heterocycles. The minimum atomic E-state index is -0.285. The fourth-order valence-corrected chi connectivity index (χ4v) is 1.52. The van der Waals surface area contributed by atoms with E-state index in [0.29, 0.717) is 24.3 Å². The van der Waals surface area contributed by atoms with Gasteiger partial charge >= 0.3 is 11.9 Å². The monoisotopic (exact) mass is 250 g/mol. The summed E-state index contributed by atoms with van der Waals surface area (Å²) >= 11 is 0. The third kappa shape index (κ3) is 3.58. The first kappa shape index (κ1) is 14.2. The van der Waals surface area contributed by atoms with E-state index in [9.17, 15) is 9.59 Å². The van der Waals surface area contributed by atoms with Gasteiger partial charge in [0.15, 0.2) is 0 Å². The van der Waals surface area contributed by atoms with Crippen molar-refractivity contribution >= 4 is 11.9 Å². The van der Waals surface area contributed by atoms with E-state index in [-0.39, 0.29) is 11.9 Å². The molecule has 0 spiro atoms. The zero-order chi connectivity index (χ0) is 13.7. The summed E-state index contributed by atoms with van der Waals surface area (Å²) in [6.45, 7) is 7.10. The average Bonchev–Trinajstić information content (AvgIpc) is 2.33. The van der Waals surface area contributed by atoms with E-state index in [1.807, 2.05) is 13.8 Å². The van der Waals surface area contributed by atoms with E-state index in [0.717, 1.165) is 11.1 Å². The van der Waals surface area contributed by atoms with Crippen LogP contribution >= 0.6 is 0 Å². The number of benzene rings is 1. The molecule has 0 fully saturated rings. The van der Waals surface area contributed by atoms with E-state index >= 15 is 0 Å². The van der Waals surface area contributed by atoms with Crippen LogP contribution in [-0.2, 0) is 9.59 Å².